The van der Waals surface area contributed by atoms with E-state index in [1.165, 1.54) is 5.69 Å². The fourth-order valence-electron chi connectivity index (χ4n) is 2.69. The molecule has 2 N–H and O–H groups in total. The van der Waals surface area contributed by atoms with Crippen molar-refractivity contribution in [3.05, 3.63) is 34.4 Å². The Kier molecular flexibility index (Phi) is 3.75. The van der Waals surface area contributed by atoms with Crippen molar-refractivity contribution < 1.29 is 0 Å². The third kappa shape index (κ3) is 2.56. The number of aryl methyl sites for hydroxylation is 4. The van der Waals surface area contributed by atoms with Gasteiger partial charge in [0, 0.05) is 43.0 Å². The fraction of sp³-hybridized carbons (Fsp3) is 0.571. The molecule has 0 aliphatic carbocycles. The van der Waals surface area contributed by atoms with Gasteiger partial charge in [0.25, 0.3) is 0 Å². The second-order valence-electron chi connectivity index (χ2n) is 5.11. The van der Waals surface area contributed by atoms with E-state index in [0.29, 0.717) is 0 Å². The van der Waals surface area contributed by atoms with Crippen molar-refractivity contribution in [3.8, 4) is 0 Å². The SMILES string of the molecule is CCn1nc(C)cc1CC(N)c1c(C)nn(C)c1C. The average Bonchev–Trinajstić information content (AvgIpc) is 2.80. The molecule has 2 aromatic heterocycles. The predicted octanol–water partition coefficient (Wildman–Crippen LogP) is 1.80. The zero-order valence-electron chi connectivity index (χ0n) is 12.4. The third-order valence-corrected chi connectivity index (χ3v) is 3.65. The molecule has 0 saturated heterocycles. The van der Waals surface area contributed by atoms with E-state index in [2.05, 4.69) is 30.1 Å². The molecule has 1 unspecified atom stereocenters. The minimum Gasteiger partial charge on any atom is -0.324 e. The fourth-order valence-corrected chi connectivity index (χ4v) is 2.69. The highest BCUT2D eigenvalue weighted by Crippen LogP contribution is 2.22. The Hall–Kier alpha value is -1.62. The molecule has 5 nitrogen and oxygen atoms in total. The van der Waals surface area contributed by atoms with E-state index in [9.17, 15) is 0 Å². The number of rotatable bonds is 4. The lowest BCUT2D eigenvalue weighted by Gasteiger charge is -2.13. The quantitative estimate of drug-likeness (QED) is 0.913. The molecule has 104 valence electrons. The van der Waals surface area contributed by atoms with Crippen LogP contribution in [-0.2, 0) is 20.0 Å². The highest BCUT2D eigenvalue weighted by Gasteiger charge is 2.18. The molecule has 2 rings (SSSR count). The van der Waals surface area contributed by atoms with Crippen molar-refractivity contribution in [2.45, 2.75) is 46.7 Å². The summed E-state index contributed by atoms with van der Waals surface area (Å²) in [6.45, 7) is 9.08. The molecule has 0 fully saturated rings. The lowest BCUT2D eigenvalue weighted by Crippen LogP contribution is -2.17. The standard InChI is InChI=1S/C14H23N5/c1-6-19-12(7-9(2)16-19)8-13(15)14-10(3)17-18(5)11(14)4/h7,13H,6,8,15H2,1-5H3. The molecule has 0 bridgehead atoms. The highest BCUT2D eigenvalue weighted by atomic mass is 15.3. The summed E-state index contributed by atoms with van der Waals surface area (Å²) in [5.74, 6) is 0. The number of hydrogen-bond acceptors (Lipinski definition) is 3. The van der Waals surface area contributed by atoms with Crippen molar-refractivity contribution in [2.75, 3.05) is 0 Å². The van der Waals surface area contributed by atoms with Gasteiger partial charge in [0.2, 0.25) is 0 Å². The normalized spacial score (nSPS) is 12.9. The van der Waals surface area contributed by atoms with E-state index < -0.39 is 0 Å². The molecule has 2 heterocycles. The first-order chi connectivity index (χ1) is 8.93. The number of hydrogen-bond donors (Lipinski definition) is 1. The van der Waals surface area contributed by atoms with E-state index >= 15 is 0 Å². The lowest BCUT2D eigenvalue weighted by molar-refractivity contribution is 0.585. The van der Waals surface area contributed by atoms with Gasteiger partial charge in [0.1, 0.15) is 0 Å². The van der Waals surface area contributed by atoms with Crippen LogP contribution in [-0.4, -0.2) is 19.6 Å². The number of nitrogens with zero attached hydrogens (tertiary/aromatic N) is 4. The summed E-state index contributed by atoms with van der Waals surface area (Å²) in [5.41, 5.74) is 11.9. The van der Waals surface area contributed by atoms with Gasteiger partial charge in [-0.25, -0.2) is 0 Å². The summed E-state index contributed by atoms with van der Waals surface area (Å²) in [7, 11) is 1.96. The molecule has 1 atom stereocenters. The van der Waals surface area contributed by atoms with Gasteiger partial charge < -0.3 is 5.73 Å². The molecule has 5 heteroatoms. The monoisotopic (exact) mass is 261 g/mol. The first-order valence-electron chi connectivity index (χ1n) is 6.73. The molecule has 0 amide bonds. The Balaban J connectivity index is 2.27. The molecule has 0 saturated carbocycles. The molecular weight excluding hydrogens is 238 g/mol. The van der Waals surface area contributed by atoms with E-state index in [4.69, 9.17) is 5.73 Å². The van der Waals surface area contributed by atoms with Crippen LogP contribution < -0.4 is 5.73 Å². The van der Waals surface area contributed by atoms with Gasteiger partial charge in [-0.1, -0.05) is 0 Å². The summed E-state index contributed by atoms with van der Waals surface area (Å²) in [6.07, 6.45) is 0.794. The van der Waals surface area contributed by atoms with Crippen LogP contribution in [0.25, 0.3) is 0 Å². The van der Waals surface area contributed by atoms with Crippen molar-refractivity contribution in [2.24, 2.45) is 12.8 Å². The largest absolute Gasteiger partial charge is 0.324 e. The van der Waals surface area contributed by atoms with Crippen LogP contribution >= 0.6 is 0 Å². The van der Waals surface area contributed by atoms with Gasteiger partial charge in [-0.05, 0) is 33.8 Å². The number of nitrogens with two attached hydrogens (primary N) is 1. The second kappa shape index (κ2) is 5.17. The van der Waals surface area contributed by atoms with Crippen molar-refractivity contribution in [1.29, 1.82) is 0 Å². The molecule has 0 aromatic carbocycles. The van der Waals surface area contributed by atoms with Crippen molar-refractivity contribution in [3.63, 3.8) is 0 Å². The topological polar surface area (TPSA) is 61.7 Å². The minimum absolute atomic E-state index is 0.0323. The van der Waals surface area contributed by atoms with E-state index in [1.807, 2.05) is 30.3 Å². The Bertz CT molecular complexity index is 579. The molecule has 2 aromatic rings. The Morgan fingerprint density at radius 1 is 1.26 bits per heavy atom. The molecule has 0 aliphatic rings. The first kappa shape index (κ1) is 13.8. The van der Waals surface area contributed by atoms with Crippen LogP contribution in [0.15, 0.2) is 6.07 Å². The second-order valence-corrected chi connectivity index (χ2v) is 5.11. The highest BCUT2D eigenvalue weighted by molar-refractivity contribution is 5.29. The van der Waals surface area contributed by atoms with Crippen LogP contribution in [0.2, 0.25) is 0 Å². The van der Waals surface area contributed by atoms with Crippen molar-refractivity contribution >= 4 is 0 Å². The summed E-state index contributed by atoms with van der Waals surface area (Å²) in [4.78, 5) is 0. The zero-order chi connectivity index (χ0) is 14.2. The van der Waals surface area contributed by atoms with Crippen LogP contribution in [0.1, 0.15) is 41.3 Å². The first-order valence-corrected chi connectivity index (χ1v) is 6.73. The Morgan fingerprint density at radius 2 is 1.95 bits per heavy atom. The zero-order valence-corrected chi connectivity index (χ0v) is 12.4. The minimum atomic E-state index is -0.0323. The maximum atomic E-state index is 6.38. The lowest BCUT2D eigenvalue weighted by atomic mass is 10.0. The smallest absolute Gasteiger partial charge is 0.0644 e. The van der Waals surface area contributed by atoms with Gasteiger partial charge in [0.15, 0.2) is 0 Å². The molecule has 0 spiro atoms. The number of aromatic nitrogens is 4. The Morgan fingerprint density at radius 3 is 2.47 bits per heavy atom. The summed E-state index contributed by atoms with van der Waals surface area (Å²) in [5, 5.41) is 8.90. The van der Waals surface area contributed by atoms with Gasteiger partial charge >= 0.3 is 0 Å². The van der Waals surface area contributed by atoms with E-state index in [-0.39, 0.29) is 6.04 Å². The third-order valence-electron chi connectivity index (χ3n) is 3.65. The van der Waals surface area contributed by atoms with E-state index in [1.54, 1.807) is 0 Å². The van der Waals surface area contributed by atoms with Crippen LogP contribution in [0, 0.1) is 20.8 Å². The summed E-state index contributed by atoms with van der Waals surface area (Å²) < 4.78 is 3.92. The van der Waals surface area contributed by atoms with Gasteiger partial charge in [-0.15, -0.1) is 0 Å². The summed E-state index contributed by atoms with van der Waals surface area (Å²) >= 11 is 0. The van der Waals surface area contributed by atoms with Gasteiger partial charge in [-0.3, -0.25) is 9.36 Å². The van der Waals surface area contributed by atoms with Gasteiger partial charge in [0.05, 0.1) is 11.4 Å². The maximum absolute atomic E-state index is 6.38. The average molecular weight is 261 g/mol. The van der Waals surface area contributed by atoms with Crippen LogP contribution in [0.5, 0.6) is 0 Å². The molecule has 0 aliphatic heterocycles. The summed E-state index contributed by atoms with van der Waals surface area (Å²) in [6, 6.07) is 2.08. The van der Waals surface area contributed by atoms with Crippen LogP contribution in [0.4, 0.5) is 0 Å². The van der Waals surface area contributed by atoms with E-state index in [0.717, 1.165) is 35.6 Å². The molecule has 19 heavy (non-hydrogen) atoms. The van der Waals surface area contributed by atoms with Crippen molar-refractivity contribution in [1.82, 2.24) is 19.6 Å². The predicted molar refractivity (Wildman–Crippen MR) is 76.0 cm³/mol. The molecular formula is C14H23N5. The van der Waals surface area contributed by atoms with Gasteiger partial charge in [-0.2, -0.15) is 10.2 Å². The Labute approximate surface area is 114 Å². The van der Waals surface area contributed by atoms with Crippen LogP contribution in [0.3, 0.4) is 0 Å². The molecule has 0 radical (unpaired) electrons. The maximum Gasteiger partial charge on any atom is 0.0644 e.